The molecule has 3 N–H and O–H groups in total. The predicted octanol–water partition coefficient (Wildman–Crippen LogP) is 3.89. The zero-order valence-corrected chi connectivity index (χ0v) is 15.4. The number of phenolic OH excluding ortho intramolecular Hbond substituents is 1. The summed E-state index contributed by atoms with van der Waals surface area (Å²) in [5, 5.41) is 14.9. The van der Waals surface area contributed by atoms with Gasteiger partial charge in [-0.05, 0) is 53.9 Å². The number of carbonyl (C=O) groups is 2. The number of nitrogens with one attached hydrogen (secondary N) is 2. The fraction of sp³-hybridized carbons (Fsp3) is 0.130. The highest BCUT2D eigenvalue weighted by Gasteiger charge is 2.07. The van der Waals surface area contributed by atoms with Gasteiger partial charge in [0.1, 0.15) is 5.75 Å². The molecule has 2 amide bonds. The van der Waals surface area contributed by atoms with Crippen LogP contribution < -0.4 is 10.6 Å². The maximum atomic E-state index is 12.3. The van der Waals surface area contributed by atoms with Crippen LogP contribution in [-0.2, 0) is 17.8 Å². The average Bonchev–Trinajstić information content (AvgIpc) is 2.73. The van der Waals surface area contributed by atoms with E-state index in [-0.39, 0.29) is 17.6 Å². The third kappa shape index (κ3) is 5.71. The highest BCUT2D eigenvalue weighted by molar-refractivity contribution is 6.04. The van der Waals surface area contributed by atoms with E-state index in [1.54, 1.807) is 24.3 Å². The number of hydrogen-bond acceptors (Lipinski definition) is 3. The minimum absolute atomic E-state index is 0.00185. The van der Waals surface area contributed by atoms with Crippen molar-refractivity contribution < 1.29 is 14.7 Å². The third-order valence-corrected chi connectivity index (χ3v) is 4.31. The Hall–Kier alpha value is -3.60. The second kappa shape index (κ2) is 9.37. The molecule has 0 aliphatic rings. The molecule has 0 aliphatic carbocycles. The van der Waals surface area contributed by atoms with Gasteiger partial charge in [-0.2, -0.15) is 0 Å². The lowest BCUT2D eigenvalue weighted by atomic mass is 10.1. The van der Waals surface area contributed by atoms with E-state index in [0.717, 1.165) is 11.1 Å². The molecule has 3 aromatic carbocycles. The van der Waals surface area contributed by atoms with Crippen molar-refractivity contribution in [3.05, 3.63) is 95.6 Å². The normalized spacial score (nSPS) is 10.3. The summed E-state index contributed by atoms with van der Waals surface area (Å²) in [6, 6.07) is 23.3. The topological polar surface area (TPSA) is 78.4 Å². The van der Waals surface area contributed by atoms with Gasteiger partial charge in [-0.1, -0.05) is 42.5 Å². The van der Waals surface area contributed by atoms with Gasteiger partial charge < -0.3 is 15.7 Å². The number of benzene rings is 3. The summed E-state index contributed by atoms with van der Waals surface area (Å²) in [4.78, 5) is 24.3. The van der Waals surface area contributed by atoms with Crippen LogP contribution in [0.15, 0.2) is 78.9 Å². The van der Waals surface area contributed by atoms with Crippen LogP contribution in [0.25, 0.3) is 0 Å². The monoisotopic (exact) mass is 374 g/mol. The molecule has 0 unspecified atom stereocenters. The SMILES string of the molecule is O=C(CCc1ccccc1)NCc1ccc(C(=O)Nc2ccc(O)cc2)cc1. The third-order valence-electron chi connectivity index (χ3n) is 4.31. The number of amides is 2. The van der Waals surface area contributed by atoms with Crippen LogP contribution in [0.4, 0.5) is 5.69 Å². The van der Waals surface area contributed by atoms with Gasteiger partial charge in [0, 0.05) is 24.2 Å². The summed E-state index contributed by atoms with van der Waals surface area (Å²) in [5.41, 5.74) is 3.20. The van der Waals surface area contributed by atoms with E-state index in [4.69, 9.17) is 0 Å². The van der Waals surface area contributed by atoms with Gasteiger partial charge in [0.05, 0.1) is 0 Å². The highest BCUT2D eigenvalue weighted by Crippen LogP contribution is 2.15. The molecule has 0 radical (unpaired) electrons. The lowest BCUT2D eigenvalue weighted by Gasteiger charge is -2.08. The molecule has 28 heavy (non-hydrogen) atoms. The van der Waals surface area contributed by atoms with Crippen molar-refractivity contribution in [3.8, 4) is 5.75 Å². The number of anilines is 1. The Labute approximate surface area is 164 Å². The van der Waals surface area contributed by atoms with Crippen molar-refractivity contribution in [2.45, 2.75) is 19.4 Å². The van der Waals surface area contributed by atoms with Crippen molar-refractivity contribution in [1.82, 2.24) is 5.32 Å². The maximum absolute atomic E-state index is 12.3. The summed E-state index contributed by atoms with van der Waals surface area (Å²) >= 11 is 0. The van der Waals surface area contributed by atoms with E-state index in [0.29, 0.717) is 30.6 Å². The minimum atomic E-state index is -0.232. The van der Waals surface area contributed by atoms with Gasteiger partial charge in [-0.25, -0.2) is 0 Å². The molecular weight excluding hydrogens is 352 g/mol. The molecule has 0 saturated heterocycles. The summed E-state index contributed by atoms with van der Waals surface area (Å²) in [6.45, 7) is 0.424. The standard InChI is InChI=1S/C23H22N2O3/c26-21-13-11-20(12-14-21)25-23(28)19-9-6-18(7-10-19)16-24-22(27)15-8-17-4-2-1-3-5-17/h1-7,9-14,26H,8,15-16H2,(H,24,27)(H,25,28). The lowest BCUT2D eigenvalue weighted by molar-refractivity contribution is -0.121. The van der Waals surface area contributed by atoms with Crippen LogP contribution in [0.1, 0.15) is 27.9 Å². The van der Waals surface area contributed by atoms with Gasteiger partial charge in [-0.15, -0.1) is 0 Å². The first kappa shape index (κ1) is 19.2. The molecule has 0 bridgehead atoms. The molecule has 5 heteroatoms. The van der Waals surface area contributed by atoms with Crippen LogP contribution in [0.3, 0.4) is 0 Å². The lowest BCUT2D eigenvalue weighted by Crippen LogP contribution is -2.23. The Morgan fingerprint density at radius 3 is 2.14 bits per heavy atom. The first-order valence-corrected chi connectivity index (χ1v) is 9.10. The smallest absolute Gasteiger partial charge is 0.255 e. The maximum Gasteiger partial charge on any atom is 0.255 e. The van der Waals surface area contributed by atoms with Crippen molar-refractivity contribution in [1.29, 1.82) is 0 Å². The quantitative estimate of drug-likeness (QED) is 0.549. The van der Waals surface area contributed by atoms with Gasteiger partial charge in [-0.3, -0.25) is 9.59 Å². The van der Waals surface area contributed by atoms with Crippen LogP contribution in [0.2, 0.25) is 0 Å². The molecule has 0 atom stereocenters. The van der Waals surface area contributed by atoms with Gasteiger partial charge in [0.25, 0.3) is 5.91 Å². The summed E-state index contributed by atoms with van der Waals surface area (Å²) in [5.74, 6) is -0.0877. The van der Waals surface area contributed by atoms with E-state index in [1.165, 1.54) is 12.1 Å². The second-order valence-corrected chi connectivity index (χ2v) is 6.46. The zero-order chi connectivity index (χ0) is 19.8. The number of rotatable bonds is 7. The predicted molar refractivity (Wildman–Crippen MR) is 109 cm³/mol. The van der Waals surface area contributed by atoms with Crippen molar-refractivity contribution >= 4 is 17.5 Å². The number of hydrogen-bond donors (Lipinski definition) is 3. The number of phenols is 1. The molecule has 142 valence electrons. The summed E-state index contributed by atoms with van der Waals surface area (Å²) < 4.78 is 0. The van der Waals surface area contributed by atoms with Gasteiger partial charge in [0.15, 0.2) is 0 Å². The number of carbonyl (C=O) groups excluding carboxylic acids is 2. The molecule has 0 aromatic heterocycles. The number of aryl methyl sites for hydroxylation is 1. The Bertz CT molecular complexity index is 920. The molecular formula is C23H22N2O3. The van der Waals surface area contributed by atoms with Crippen LogP contribution in [0, 0.1) is 0 Å². The van der Waals surface area contributed by atoms with E-state index < -0.39 is 0 Å². The van der Waals surface area contributed by atoms with E-state index in [1.807, 2.05) is 42.5 Å². The molecule has 0 saturated carbocycles. The van der Waals surface area contributed by atoms with Crippen LogP contribution >= 0.6 is 0 Å². The molecule has 3 aromatic rings. The Balaban J connectivity index is 1.46. The van der Waals surface area contributed by atoms with Crippen molar-refractivity contribution in [3.63, 3.8) is 0 Å². The highest BCUT2D eigenvalue weighted by atomic mass is 16.3. The Morgan fingerprint density at radius 1 is 0.786 bits per heavy atom. The Kier molecular flexibility index (Phi) is 6.41. The zero-order valence-electron chi connectivity index (χ0n) is 15.4. The first-order valence-electron chi connectivity index (χ1n) is 9.10. The minimum Gasteiger partial charge on any atom is -0.508 e. The van der Waals surface area contributed by atoms with E-state index in [9.17, 15) is 14.7 Å². The average molecular weight is 374 g/mol. The Morgan fingerprint density at radius 2 is 1.46 bits per heavy atom. The first-order chi connectivity index (χ1) is 13.6. The van der Waals surface area contributed by atoms with Crippen molar-refractivity contribution in [2.24, 2.45) is 0 Å². The van der Waals surface area contributed by atoms with Crippen LogP contribution in [-0.4, -0.2) is 16.9 Å². The molecule has 0 spiro atoms. The van der Waals surface area contributed by atoms with E-state index in [2.05, 4.69) is 10.6 Å². The largest absolute Gasteiger partial charge is 0.508 e. The van der Waals surface area contributed by atoms with Gasteiger partial charge in [0.2, 0.25) is 5.91 Å². The second-order valence-electron chi connectivity index (χ2n) is 6.46. The summed E-state index contributed by atoms with van der Waals surface area (Å²) in [6.07, 6.45) is 1.15. The van der Waals surface area contributed by atoms with E-state index >= 15 is 0 Å². The van der Waals surface area contributed by atoms with Gasteiger partial charge >= 0.3 is 0 Å². The number of aromatic hydroxyl groups is 1. The molecule has 3 rings (SSSR count). The molecule has 5 nitrogen and oxygen atoms in total. The summed E-state index contributed by atoms with van der Waals surface area (Å²) in [7, 11) is 0. The van der Waals surface area contributed by atoms with Crippen molar-refractivity contribution in [2.75, 3.05) is 5.32 Å². The molecule has 0 heterocycles. The molecule has 0 fully saturated rings. The molecule has 0 aliphatic heterocycles. The van der Waals surface area contributed by atoms with Crippen LogP contribution in [0.5, 0.6) is 5.75 Å². The fourth-order valence-corrected chi connectivity index (χ4v) is 2.71. The fourth-order valence-electron chi connectivity index (χ4n) is 2.71.